The van der Waals surface area contributed by atoms with E-state index in [0.717, 1.165) is 27.8 Å². The van der Waals surface area contributed by atoms with Crippen LogP contribution in [-0.2, 0) is 16.6 Å². The van der Waals surface area contributed by atoms with Crippen molar-refractivity contribution in [2.24, 2.45) is 5.92 Å². The van der Waals surface area contributed by atoms with Crippen LogP contribution in [0.5, 0.6) is 0 Å². The summed E-state index contributed by atoms with van der Waals surface area (Å²) in [5.74, 6) is -0.459. The Morgan fingerprint density at radius 3 is 2.45 bits per heavy atom. The summed E-state index contributed by atoms with van der Waals surface area (Å²) in [5, 5.41) is 0. The monoisotopic (exact) mass is 407 g/mol. The Balaban J connectivity index is 1.76. The topological polar surface area (TPSA) is 37.4 Å². The van der Waals surface area contributed by atoms with Gasteiger partial charge in [0.2, 0.25) is 5.91 Å². The maximum Gasteiger partial charge on any atom is 0.245 e. The minimum absolute atomic E-state index is 0.0855. The second-order valence-corrected chi connectivity index (χ2v) is 8.71. The zero-order chi connectivity index (χ0) is 21.8. The maximum absolute atomic E-state index is 14.1. The van der Waals surface area contributed by atoms with Crippen molar-refractivity contribution in [3.05, 3.63) is 106 Å². The van der Waals surface area contributed by atoms with Crippen molar-refractivity contribution in [1.29, 1.82) is 0 Å². The third-order valence-corrected chi connectivity index (χ3v) is 6.85. The van der Waals surface area contributed by atoms with E-state index in [1.165, 1.54) is 0 Å². The number of carbonyl (C=O) groups is 2. The molecule has 0 aromatic heterocycles. The highest BCUT2D eigenvalue weighted by molar-refractivity contribution is 6.29. The van der Waals surface area contributed by atoms with Crippen LogP contribution < -0.4 is 4.90 Å². The molecule has 2 aliphatic rings. The lowest BCUT2D eigenvalue weighted by atomic mass is 9.66. The number of allylic oxidation sites excluding steroid dienone is 1. The van der Waals surface area contributed by atoms with E-state index < -0.39 is 5.41 Å². The minimum Gasteiger partial charge on any atom is -0.314 e. The largest absolute Gasteiger partial charge is 0.314 e. The SMILES string of the molecule is Cc1cc(C)c2c(c1)[C@@]1(C(=O)c3ccccc3N(C)C1=O)[C@H](/C=C/c1ccccc1)C2. The van der Waals surface area contributed by atoms with E-state index >= 15 is 0 Å². The van der Waals surface area contributed by atoms with Crippen molar-refractivity contribution in [2.45, 2.75) is 25.7 Å². The van der Waals surface area contributed by atoms with Crippen LogP contribution in [-0.4, -0.2) is 18.7 Å². The van der Waals surface area contributed by atoms with Crippen molar-refractivity contribution in [2.75, 3.05) is 11.9 Å². The molecule has 3 aromatic carbocycles. The van der Waals surface area contributed by atoms with Crippen LogP contribution in [0.4, 0.5) is 5.69 Å². The number of rotatable bonds is 2. The molecule has 1 heterocycles. The zero-order valence-electron chi connectivity index (χ0n) is 18.1. The van der Waals surface area contributed by atoms with Crippen LogP contribution in [0.15, 0.2) is 72.8 Å². The van der Waals surface area contributed by atoms with Crippen LogP contribution in [0.2, 0.25) is 0 Å². The predicted octanol–water partition coefficient (Wildman–Crippen LogP) is 5.29. The van der Waals surface area contributed by atoms with Gasteiger partial charge in [-0.3, -0.25) is 9.59 Å². The number of hydrogen-bond acceptors (Lipinski definition) is 2. The fourth-order valence-corrected chi connectivity index (χ4v) is 5.40. The second-order valence-electron chi connectivity index (χ2n) is 8.71. The van der Waals surface area contributed by atoms with Crippen molar-refractivity contribution < 1.29 is 9.59 Å². The summed E-state index contributed by atoms with van der Waals surface area (Å²) < 4.78 is 0. The van der Waals surface area contributed by atoms with Gasteiger partial charge in [-0.25, -0.2) is 0 Å². The van der Waals surface area contributed by atoms with E-state index in [0.29, 0.717) is 17.7 Å². The molecule has 1 aliphatic heterocycles. The molecule has 31 heavy (non-hydrogen) atoms. The zero-order valence-corrected chi connectivity index (χ0v) is 18.1. The van der Waals surface area contributed by atoms with Crippen LogP contribution >= 0.6 is 0 Å². The van der Waals surface area contributed by atoms with Gasteiger partial charge >= 0.3 is 0 Å². The third-order valence-electron chi connectivity index (χ3n) is 6.85. The van der Waals surface area contributed by atoms with Gasteiger partial charge in [-0.05, 0) is 54.7 Å². The van der Waals surface area contributed by atoms with E-state index in [4.69, 9.17) is 0 Å². The molecule has 0 unspecified atom stereocenters. The molecule has 5 rings (SSSR count). The molecule has 3 nitrogen and oxygen atoms in total. The summed E-state index contributed by atoms with van der Waals surface area (Å²) in [6, 6.07) is 21.7. The van der Waals surface area contributed by atoms with Gasteiger partial charge in [0.05, 0.1) is 5.69 Å². The van der Waals surface area contributed by atoms with Gasteiger partial charge in [-0.1, -0.05) is 72.3 Å². The molecular weight excluding hydrogens is 382 g/mol. The Bertz CT molecular complexity index is 1240. The number of anilines is 1. The molecule has 154 valence electrons. The van der Waals surface area contributed by atoms with Gasteiger partial charge in [0.15, 0.2) is 5.78 Å². The molecule has 0 saturated heterocycles. The van der Waals surface area contributed by atoms with Crippen molar-refractivity contribution in [3.63, 3.8) is 0 Å². The van der Waals surface area contributed by atoms with Crippen molar-refractivity contribution in [3.8, 4) is 0 Å². The summed E-state index contributed by atoms with van der Waals surface area (Å²) in [5.41, 5.74) is 5.37. The second kappa shape index (κ2) is 7.05. The Morgan fingerprint density at radius 1 is 0.968 bits per heavy atom. The number of benzene rings is 3. The molecule has 0 N–H and O–H groups in total. The molecule has 0 fully saturated rings. The summed E-state index contributed by atoms with van der Waals surface area (Å²) in [7, 11) is 1.79. The number of fused-ring (bicyclic) bond motifs is 3. The predicted molar refractivity (Wildman–Crippen MR) is 124 cm³/mol. The summed E-state index contributed by atoms with van der Waals surface area (Å²) in [6.07, 6.45) is 4.79. The van der Waals surface area contributed by atoms with Crippen LogP contribution in [0.1, 0.15) is 38.2 Å². The fourth-order valence-electron chi connectivity index (χ4n) is 5.40. The Hall–Kier alpha value is -3.46. The van der Waals surface area contributed by atoms with Crippen LogP contribution in [0.25, 0.3) is 6.08 Å². The fraction of sp³-hybridized carbons (Fsp3) is 0.214. The molecule has 0 saturated carbocycles. The molecule has 1 amide bonds. The third kappa shape index (κ3) is 2.73. The number of hydrogen-bond donors (Lipinski definition) is 0. The Kier molecular flexibility index (Phi) is 4.44. The molecule has 1 spiro atoms. The number of Topliss-reactive ketones (excluding diaryl/α,β-unsaturated/α-hetero) is 1. The Labute approximate surface area is 183 Å². The lowest BCUT2D eigenvalue weighted by Gasteiger charge is -2.41. The summed E-state index contributed by atoms with van der Waals surface area (Å²) >= 11 is 0. The summed E-state index contributed by atoms with van der Waals surface area (Å²) in [6.45, 7) is 4.11. The van der Waals surface area contributed by atoms with E-state index in [9.17, 15) is 9.59 Å². The molecule has 3 aromatic rings. The number of amides is 1. The highest BCUT2D eigenvalue weighted by Gasteiger charge is 2.61. The quantitative estimate of drug-likeness (QED) is 0.542. The average Bonchev–Trinajstić information content (AvgIpc) is 3.11. The first kappa shape index (κ1) is 19.5. The van der Waals surface area contributed by atoms with Gasteiger partial charge in [-0.15, -0.1) is 0 Å². The van der Waals surface area contributed by atoms with Gasteiger partial charge in [0.25, 0.3) is 0 Å². The first-order chi connectivity index (χ1) is 14.9. The van der Waals surface area contributed by atoms with Crippen molar-refractivity contribution >= 4 is 23.5 Å². The minimum atomic E-state index is -1.22. The van der Waals surface area contributed by atoms with E-state index in [1.54, 1.807) is 11.9 Å². The lowest BCUT2D eigenvalue weighted by Crippen LogP contribution is -2.57. The number of para-hydroxylation sites is 1. The van der Waals surface area contributed by atoms with Crippen LogP contribution in [0, 0.1) is 19.8 Å². The number of nitrogens with zero attached hydrogens (tertiary/aromatic N) is 1. The Morgan fingerprint density at radius 2 is 1.68 bits per heavy atom. The molecule has 3 heteroatoms. The molecule has 0 radical (unpaired) electrons. The smallest absolute Gasteiger partial charge is 0.245 e. The summed E-state index contributed by atoms with van der Waals surface area (Å²) in [4.78, 5) is 29.8. The van der Waals surface area contributed by atoms with Gasteiger partial charge in [-0.2, -0.15) is 0 Å². The number of carbonyl (C=O) groups excluding carboxylic acids is 2. The molecule has 1 aliphatic carbocycles. The first-order valence-corrected chi connectivity index (χ1v) is 10.7. The van der Waals surface area contributed by atoms with E-state index in [-0.39, 0.29) is 17.6 Å². The van der Waals surface area contributed by atoms with Crippen LogP contribution in [0.3, 0.4) is 0 Å². The maximum atomic E-state index is 14.1. The van der Waals surface area contributed by atoms with E-state index in [1.807, 2.05) is 67.6 Å². The first-order valence-electron chi connectivity index (χ1n) is 10.7. The van der Waals surface area contributed by atoms with Crippen molar-refractivity contribution in [1.82, 2.24) is 0 Å². The van der Waals surface area contributed by atoms with Gasteiger partial charge in [0, 0.05) is 18.5 Å². The highest BCUT2D eigenvalue weighted by Crippen LogP contribution is 2.52. The number of ketones is 1. The van der Waals surface area contributed by atoms with Gasteiger partial charge < -0.3 is 4.90 Å². The number of aryl methyl sites for hydroxylation is 2. The average molecular weight is 408 g/mol. The highest BCUT2D eigenvalue weighted by atomic mass is 16.2. The number of likely N-dealkylation sites (N-methyl/N-ethyl adjacent to an activating group) is 1. The molecule has 2 atom stereocenters. The van der Waals surface area contributed by atoms with Gasteiger partial charge in [0.1, 0.15) is 5.41 Å². The normalized spacial score (nSPS) is 22.3. The molecule has 0 bridgehead atoms. The standard InChI is InChI=1S/C28H25NO2/c1-18-15-19(2)23-17-21(14-13-20-9-5-4-6-10-20)28(24(23)16-18)26(30)22-11-7-8-12-25(22)29(3)27(28)31/h4-16,21H,17H2,1-3H3/b14-13+/t21-,28-/m1/s1. The lowest BCUT2D eigenvalue weighted by molar-refractivity contribution is -0.123. The molecular formula is C28H25NO2. The van der Waals surface area contributed by atoms with E-state index in [2.05, 4.69) is 25.1 Å².